The largest absolute Gasteiger partial charge is 0.368 e. The van der Waals surface area contributed by atoms with Gasteiger partial charge in [-0.25, -0.2) is 0 Å². The normalized spacial score (nSPS) is 25.9. The second-order valence-corrected chi connectivity index (χ2v) is 4.81. The number of hydrogen-bond donors (Lipinski definition) is 2. The van der Waals surface area contributed by atoms with Crippen molar-refractivity contribution in [1.29, 1.82) is 0 Å². The lowest BCUT2D eigenvalue weighted by Crippen LogP contribution is -2.56. The molecule has 2 saturated heterocycles. The SMILES string of the molecule is CC1C(=O)NCCN1C(=O)COC1CCNCC1. The van der Waals surface area contributed by atoms with Gasteiger partial charge in [0, 0.05) is 13.1 Å². The highest BCUT2D eigenvalue weighted by Gasteiger charge is 2.29. The Morgan fingerprint density at radius 2 is 2.11 bits per heavy atom. The van der Waals surface area contributed by atoms with Gasteiger partial charge >= 0.3 is 0 Å². The summed E-state index contributed by atoms with van der Waals surface area (Å²) in [5, 5.41) is 5.99. The van der Waals surface area contributed by atoms with Crippen LogP contribution in [0.4, 0.5) is 0 Å². The van der Waals surface area contributed by atoms with E-state index in [9.17, 15) is 9.59 Å². The minimum atomic E-state index is -0.386. The van der Waals surface area contributed by atoms with E-state index in [1.54, 1.807) is 11.8 Å². The maximum absolute atomic E-state index is 12.0. The van der Waals surface area contributed by atoms with Gasteiger partial charge in [-0.1, -0.05) is 0 Å². The topological polar surface area (TPSA) is 70.7 Å². The molecule has 2 heterocycles. The van der Waals surface area contributed by atoms with E-state index < -0.39 is 0 Å². The summed E-state index contributed by atoms with van der Waals surface area (Å²) in [7, 11) is 0. The Labute approximate surface area is 107 Å². The molecule has 2 amide bonds. The van der Waals surface area contributed by atoms with E-state index in [-0.39, 0.29) is 30.6 Å². The summed E-state index contributed by atoms with van der Waals surface area (Å²) in [4.78, 5) is 25.1. The summed E-state index contributed by atoms with van der Waals surface area (Å²) in [6.07, 6.45) is 2.07. The van der Waals surface area contributed by atoms with Crippen LogP contribution in [0.1, 0.15) is 19.8 Å². The van der Waals surface area contributed by atoms with Crippen LogP contribution in [0.15, 0.2) is 0 Å². The van der Waals surface area contributed by atoms with Crippen LogP contribution in [0.5, 0.6) is 0 Å². The number of carbonyl (C=O) groups is 2. The van der Waals surface area contributed by atoms with Crippen molar-refractivity contribution in [3.05, 3.63) is 0 Å². The van der Waals surface area contributed by atoms with Gasteiger partial charge in [0.2, 0.25) is 11.8 Å². The maximum Gasteiger partial charge on any atom is 0.249 e. The molecule has 2 aliphatic rings. The third-order valence-corrected chi connectivity index (χ3v) is 3.55. The van der Waals surface area contributed by atoms with E-state index in [2.05, 4.69) is 10.6 Å². The first-order chi connectivity index (χ1) is 8.68. The monoisotopic (exact) mass is 255 g/mol. The lowest BCUT2D eigenvalue weighted by Gasteiger charge is -2.33. The lowest BCUT2D eigenvalue weighted by molar-refractivity contribution is -0.147. The van der Waals surface area contributed by atoms with Crippen molar-refractivity contribution in [2.45, 2.75) is 31.9 Å². The van der Waals surface area contributed by atoms with Crippen molar-refractivity contribution in [2.75, 3.05) is 32.8 Å². The summed E-state index contributed by atoms with van der Waals surface area (Å²) < 4.78 is 5.62. The third-order valence-electron chi connectivity index (χ3n) is 3.55. The summed E-state index contributed by atoms with van der Waals surface area (Å²) in [6, 6.07) is -0.386. The Bertz CT molecular complexity index is 316. The minimum Gasteiger partial charge on any atom is -0.368 e. The predicted molar refractivity (Wildman–Crippen MR) is 66.0 cm³/mol. The van der Waals surface area contributed by atoms with E-state index in [4.69, 9.17) is 4.74 Å². The molecule has 2 N–H and O–H groups in total. The number of nitrogens with zero attached hydrogens (tertiary/aromatic N) is 1. The van der Waals surface area contributed by atoms with Gasteiger partial charge in [0.05, 0.1) is 6.10 Å². The number of ether oxygens (including phenoxy) is 1. The van der Waals surface area contributed by atoms with Crippen LogP contribution in [0.2, 0.25) is 0 Å². The molecule has 2 rings (SSSR count). The van der Waals surface area contributed by atoms with Gasteiger partial charge in [-0.3, -0.25) is 9.59 Å². The van der Waals surface area contributed by atoms with E-state index in [0.29, 0.717) is 13.1 Å². The zero-order valence-corrected chi connectivity index (χ0v) is 10.8. The molecular formula is C12H21N3O3. The van der Waals surface area contributed by atoms with Crippen molar-refractivity contribution < 1.29 is 14.3 Å². The molecule has 1 unspecified atom stereocenters. The van der Waals surface area contributed by atoms with E-state index in [1.165, 1.54) is 0 Å². The van der Waals surface area contributed by atoms with Crippen LogP contribution >= 0.6 is 0 Å². The Hall–Kier alpha value is -1.14. The summed E-state index contributed by atoms with van der Waals surface area (Å²) >= 11 is 0. The van der Waals surface area contributed by atoms with E-state index >= 15 is 0 Å². The molecule has 102 valence electrons. The molecule has 0 saturated carbocycles. The molecule has 0 aromatic heterocycles. The first-order valence-electron chi connectivity index (χ1n) is 6.58. The van der Waals surface area contributed by atoms with Crippen molar-refractivity contribution in [2.24, 2.45) is 0 Å². The van der Waals surface area contributed by atoms with Crippen molar-refractivity contribution >= 4 is 11.8 Å². The van der Waals surface area contributed by atoms with E-state index in [1.807, 2.05) is 0 Å². The fraction of sp³-hybridized carbons (Fsp3) is 0.833. The average Bonchev–Trinajstić information content (AvgIpc) is 2.40. The van der Waals surface area contributed by atoms with Crippen LogP contribution < -0.4 is 10.6 Å². The molecule has 18 heavy (non-hydrogen) atoms. The zero-order chi connectivity index (χ0) is 13.0. The molecule has 0 aromatic rings. The number of piperazine rings is 1. The predicted octanol–water partition coefficient (Wildman–Crippen LogP) is -0.898. The molecular weight excluding hydrogens is 234 g/mol. The molecule has 2 fully saturated rings. The number of amides is 2. The smallest absolute Gasteiger partial charge is 0.249 e. The molecule has 2 aliphatic heterocycles. The maximum atomic E-state index is 12.0. The first kappa shape index (κ1) is 13.3. The van der Waals surface area contributed by atoms with Crippen LogP contribution in [0.25, 0.3) is 0 Å². The van der Waals surface area contributed by atoms with Crippen LogP contribution in [0.3, 0.4) is 0 Å². The first-order valence-corrected chi connectivity index (χ1v) is 6.58. The second kappa shape index (κ2) is 6.15. The molecule has 0 bridgehead atoms. The minimum absolute atomic E-state index is 0.0856. The van der Waals surface area contributed by atoms with Crippen molar-refractivity contribution in [3.63, 3.8) is 0 Å². The third kappa shape index (κ3) is 3.20. The van der Waals surface area contributed by atoms with Crippen molar-refractivity contribution in [1.82, 2.24) is 15.5 Å². The summed E-state index contributed by atoms with van der Waals surface area (Å²) in [5.74, 6) is -0.174. The van der Waals surface area contributed by atoms with Crippen LogP contribution in [0, 0.1) is 0 Å². The van der Waals surface area contributed by atoms with Gasteiger partial charge in [-0.2, -0.15) is 0 Å². The number of piperidine rings is 1. The van der Waals surface area contributed by atoms with Gasteiger partial charge in [-0.15, -0.1) is 0 Å². The van der Waals surface area contributed by atoms with Gasteiger partial charge < -0.3 is 20.3 Å². The molecule has 6 heteroatoms. The Kier molecular flexibility index (Phi) is 4.54. The van der Waals surface area contributed by atoms with E-state index in [0.717, 1.165) is 25.9 Å². The molecule has 0 aliphatic carbocycles. The number of carbonyl (C=O) groups excluding carboxylic acids is 2. The highest BCUT2D eigenvalue weighted by atomic mass is 16.5. The highest BCUT2D eigenvalue weighted by Crippen LogP contribution is 2.09. The Balaban J connectivity index is 1.78. The fourth-order valence-corrected chi connectivity index (χ4v) is 2.36. The number of hydrogen-bond acceptors (Lipinski definition) is 4. The van der Waals surface area contributed by atoms with Crippen LogP contribution in [-0.2, 0) is 14.3 Å². The molecule has 1 atom stereocenters. The molecule has 6 nitrogen and oxygen atoms in total. The Morgan fingerprint density at radius 1 is 1.39 bits per heavy atom. The highest BCUT2D eigenvalue weighted by molar-refractivity contribution is 5.88. The second-order valence-electron chi connectivity index (χ2n) is 4.81. The standard InChI is InChI=1S/C12H21N3O3/c1-9-12(17)14-6-7-15(9)11(16)8-18-10-2-4-13-5-3-10/h9-10,13H,2-8H2,1H3,(H,14,17). The summed E-state index contributed by atoms with van der Waals surface area (Å²) in [6.45, 7) is 4.82. The molecule has 0 radical (unpaired) electrons. The lowest BCUT2D eigenvalue weighted by atomic mass is 10.1. The number of nitrogens with one attached hydrogen (secondary N) is 2. The van der Waals surface area contributed by atoms with Gasteiger partial charge in [-0.05, 0) is 32.9 Å². The van der Waals surface area contributed by atoms with Crippen molar-refractivity contribution in [3.8, 4) is 0 Å². The molecule has 0 spiro atoms. The van der Waals surface area contributed by atoms with Gasteiger partial charge in [0.25, 0.3) is 0 Å². The fourth-order valence-electron chi connectivity index (χ4n) is 2.36. The van der Waals surface area contributed by atoms with Gasteiger partial charge in [0.1, 0.15) is 12.6 Å². The quantitative estimate of drug-likeness (QED) is 0.686. The number of rotatable bonds is 3. The van der Waals surface area contributed by atoms with Crippen LogP contribution in [-0.4, -0.2) is 61.6 Å². The average molecular weight is 255 g/mol. The van der Waals surface area contributed by atoms with Gasteiger partial charge in [0.15, 0.2) is 0 Å². The zero-order valence-electron chi connectivity index (χ0n) is 10.8. The summed E-state index contributed by atoms with van der Waals surface area (Å²) in [5.41, 5.74) is 0. The Morgan fingerprint density at radius 3 is 2.83 bits per heavy atom. The molecule has 0 aromatic carbocycles.